The number of aryl methyl sites for hydroxylation is 1. The van der Waals surface area contributed by atoms with Crippen molar-refractivity contribution < 1.29 is 29.3 Å². The van der Waals surface area contributed by atoms with Crippen molar-refractivity contribution in [2.45, 2.75) is 50.4 Å². The van der Waals surface area contributed by atoms with Gasteiger partial charge in [-0.25, -0.2) is 0 Å². The maximum absolute atomic E-state index is 14.2. The zero-order valence-electron chi connectivity index (χ0n) is 18.6. The van der Waals surface area contributed by atoms with Crippen LogP contribution in [0.5, 0.6) is 0 Å². The highest BCUT2D eigenvalue weighted by Crippen LogP contribution is 2.58. The van der Waals surface area contributed by atoms with Crippen molar-refractivity contribution in [1.82, 2.24) is 4.90 Å². The van der Waals surface area contributed by atoms with Crippen LogP contribution in [0.4, 0.5) is 5.69 Å². The fourth-order valence-corrected chi connectivity index (χ4v) is 6.21. The minimum absolute atomic E-state index is 0.0348. The highest BCUT2D eigenvalue weighted by atomic mass is 35.5. The van der Waals surface area contributed by atoms with E-state index in [-0.39, 0.29) is 31.5 Å². The van der Waals surface area contributed by atoms with Gasteiger partial charge in [-0.1, -0.05) is 29.8 Å². The van der Waals surface area contributed by atoms with Gasteiger partial charge >= 0.3 is 5.97 Å². The van der Waals surface area contributed by atoms with E-state index in [1.807, 2.05) is 13.0 Å². The molecular formula is C24H29ClN2O6. The molecule has 3 heterocycles. The van der Waals surface area contributed by atoms with Gasteiger partial charge in [0.15, 0.2) is 0 Å². The Bertz CT molecular complexity index is 963. The first-order valence-electron chi connectivity index (χ1n) is 11.3. The van der Waals surface area contributed by atoms with E-state index in [9.17, 15) is 24.6 Å². The summed E-state index contributed by atoms with van der Waals surface area (Å²) in [6.45, 7) is 6.00. The lowest BCUT2D eigenvalue weighted by molar-refractivity contribution is -0.149. The number of benzene rings is 1. The summed E-state index contributed by atoms with van der Waals surface area (Å²) < 4.78 is 6.22. The number of hydrogen-bond acceptors (Lipinski definition) is 5. The number of halogens is 1. The number of fused-ring (bicyclic) bond motifs is 1. The van der Waals surface area contributed by atoms with Crippen LogP contribution in [0.25, 0.3) is 0 Å². The maximum Gasteiger partial charge on any atom is 0.310 e. The Morgan fingerprint density at radius 3 is 2.79 bits per heavy atom. The van der Waals surface area contributed by atoms with Gasteiger partial charge in [0.25, 0.3) is 5.91 Å². The van der Waals surface area contributed by atoms with Crippen LogP contribution in [0.2, 0.25) is 5.02 Å². The summed E-state index contributed by atoms with van der Waals surface area (Å²) >= 11 is 6.49. The van der Waals surface area contributed by atoms with Crippen molar-refractivity contribution in [2.24, 2.45) is 11.8 Å². The highest BCUT2D eigenvalue weighted by molar-refractivity contribution is 6.34. The second-order valence-electron chi connectivity index (χ2n) is 9.00. The van der Waals surface area contributed by atoms with E-state index < -0.39 is 35.6 Å². The van der Waals surface area contributed by atoms with Gasteiger partial charge in [-0.15, -0.1) is 6.58 Å². The van der Waals surface area contributed by atoms with Gasteiger partial charge in [0, 0.05) is 19.7 Å². The first kappa shape index (κ1) is 23.7. The summed E-state index contributed by atoms with van der Waals surface area (Å²) in [5.74, 6) is -3.68. The Balaban J connectivity index is 1.79. The summed E-state index contributed by atoms with van der Waals surface area (Å²) in [5.41, 5.74) is 0.146. The SMILES string of the molecule is C=CCN(C(=O)C1N(CCCCO)C(=O)[C@@H]2[C@@H](C(=O)O)[C@H]3CCC12O3)c1c(C)cccc1Cl. The van der Waals surface area contributed by atoms with Gasteiger partial charge < -0.3 is 24.7 Å². The van der Waals surface area contributed by atoms with Gasteiger partial charge in [0.1, 0.15) is 11.6 Å². The molecule has 0 saturated carbocycles. The lowest BCUT2D eigenvalue weighted by Gasteiger charge is -2.37. The zero-order valence-corrected chi connectivity index (χ0v) is 19.3. The largest absolute Gasteiger partial charge is 0.481 e. The standard InChI is InChI=1S/C24H29ClN2O6/c1-3-11-26(19-14(2)7-6-8-15(19)25)22(30)20-24-10-9-16(33-24)17(23(31)32)18(24)21(29)27(20)12-4-5-13-28/h3,6-8,16-18,20,28H,1,4-5,9-13H2,2H3,(H,31,32)/t16-,17+,18+,20?,24?/m1/s1. The number of amides is 2. The molecule has 0 radical (unpaired) electrons. The Morgan fingerprint density at radius 1 is 1.39 bits per heavy atom. The summed E-state index contributed by atoms with van der Waals surface area (Å²) in [5, 5.41) is 19.5. The highest BCUT2D eigenvalue weighted by Gasteiger charge is 2.74. The second kappa shape index (κ2) is 9.08. The Labute approximate surface area is 197 Å². The second-order valence-corrected chi connectivity index (χ2v) is 9.41. The number of aliphatic carboxylic acids is 1. The van der Waals surface area contributed by atoms with Crippen LogP contribution in [0.1, 0.15) is 31.2 Å². The molecule has 2 N–H and O–H groups in total. The molecule has 4 rings (SSSR count). The average molecular weight is 477 g/mol. The van der Waals surface area contributed by atoms with Gasteiger partial charge in [0.05, 0.1) is 28.6 Å². The molecule has 3 fully saturated rings. The van der Waals surface area contributed by atoms with E-state index in [1.165, 1.54) is 9.80 Å². The molecule has 178 valence electrons. The molecule has 3 aliphatic heterocycles. The summed E-state index contributed by atoms with van der Waals surface area (Å²) in [7, 11) is 0. The molecule has 9 heteroatoms. The summed E-state index contributed by atoms with van der Waals surface area (Å²) in [6.07, 6.45) is 2.89. The predicted molar refractivity (Wildman–Crippen MR) is 122 cm³/mol. The Kier molecular flexibility index (Phi) is 6.53. The van der Waals surface area contributed by atoms with Crippen LogP contribution in [0.15, 0.2) is 30.9 Å². The maximum atomic E-state index is 14.2. The molecule has 3 aliphatic rings. The molecule has 1 spiro atoms. The van der Waals surface area contributed by atoms with Crippen LogP contribution in [0, 0.1) is 18.8 Å². The third-order valence-electron chi connectivity index (χ3n) is 7.16. The lowest BCUT2D eigenvalue weighted by Crippen LogP contribution is -2.56. The predicted octanol–water partition coefficient (Wildman–Crippen LogP) is 2.40. The van der Waals surface area contributed by atoms with E-state index in [2.05, 4.69) is 6.58 Å². The van der Waals surface area contributed by atoms with Crippen molar-refractivity contribution in [1.29, 1.82) is 0 Å². The Hall–Kier alpha value is -2.42. The summed E-state index contributed by atoms with van der Waals surface area (Å²) in [4.78, 5) is 42.8. The number of likely N-dealkylation sites (tertiary alicyclic amines) is 1. The minimum Gasteiger partial charge on any atom is -0.481 e. The van der Waals surface area contributed by atoms with Crippen molar-refractivity contribution in [3.05, 3.63) is 41.4 Å². The molecule has 2 unspecified atom stereocenters. The molecule has 0 aliphatic carbocycles. The van der Waals surface area contributed by atoms with Crippen LogP contribution in [0.3, 0.4) is 0 Å². The summed E-state index contributed by atoms with van der Waals surface area (Å²) in [6, 6.07) is 4.37. The number of ether oxygens (including phenoxy) is 1. The molecule has 0 aromatic heterocycles. The normalized spacial score (nSPS) is 29.9. The van der Waals surface area contributed by atoms with Gasteiger partial charge in [-0.2, -0.15) is 0 Å². The molecule has 1 aromatic rings. The monoisotopic (exact) mass is 476 g/mol. The molecule has 5 atom stereocenters. The van der Waals surface area contributed by atoms with Crippen LogP contribution >= 0.6 is 11.6 Å². The number of aliphatic hydroxyl groups excluding tert-OH is 1. The van der Waals surface area contributed by atoms with E-state index >= 15 is 0 Å². The van der Waals surface area contributed by atoms with Crippen LogP contribution in [-0.4, -0.2) is 70.3 Å². The van der Waals surface area contributed by atoms with E-state index in [1.54, 1.807) is 18.2 Å². The van der Waals surface area contributed by atoms with Gasteiger partial charge in [-0.3, -0.25) is 14.4 Å². The average Bonchev–Trinajstić information content (AvgIpc) is 3.40. The number of carbonyl (C=O) groups excluding carboxylic acids is 2. The molecule has 8 nitrogen and oxygen atoms in total. The van der Waals surface area contributed by atoms with Crippen molar-refractivity contribution in [3.8, 4) is 0 Å². The molecular weight excluding hydrogens is 448 g/mol. The zero-order chi connectivity index (χ0) is 23.9. The molecule has 2 bridgehead atoms. The quantitative estimate of drug-likeness (QED) is 0.418. The number of hydrogen-bond donors (Lipinski definition) is 2. The third kappa shape index (κ3) is 3.64. The van der Waals surface area contributed by atoms with E-state index in [0.29, 0.717) is 36.4 Å². The topological polar surface area (TPSA) is 107 Å². The number of unbranched alkanes of at least 4 members (excludes halogenated alkanes) is 1. The van der Waals surface area contributed by atoms with E-state index in [4.69, 9.17) is 16.3 Å². The third-order valence-corrected chi connectivity index (χ3v) is 7.47. The number of carbonyl (C=O) groups is 3. The van der Waals surface area contributed by atoms with Crippen molar-refractivity contribution in [2.75, 3.05) is 24.6 Å². The number of para-hydroxylation sites is 1. The fourth-order valence-electron chi connectivity index (χ4n) is 5.88. The number of nitrogens with zero attached hydrogens (tertiary/aromatic N) is 2. The molecule has 1 aromatic carbocycles. The van der Waals surface area contributed by atoms with Crippen molar-refractivity contribution >= 4 is 35.1 Å². The Morgan fingerprint density at radius 2 is 2.15 bits per heavy atom. The molecule has 2 amide bonds. The van der Waals surface area contributed by atoms with Crippen LogP contribution in [-0.2, 0) is 19.1 Å². The molecule has 33 heavy (non-hydrogen) atoms. The number of carboxylic acids is 1. The van der Waals surface area contributed by atoms with Crippen molar-refractivity contribution in [3.63, 3.8) is 0 Å². The van der Waals surface area contributed by atoms with Gasteiger partial charge in [0.2, 0.25) is 5.91 Å². The number of rotatable bonds is 9. The number of aliphatic hydroxyl groups is 1. The minimum atomic E-state index is -1.18. The lowest BCUT2D eigenvalue weighted by atomic mass is 9.70. The number of anilines is 1. The van der Waals surface area contributed by atoms with E-state index in [0.717, 1.165) is 5.56 Å². The first-order valence-corrected chi connectivity index (χ1v) is 11.7. The smallest absolute Gasteiger partial charge is 0.310 e. The fraction of sp³-hybridized carbons (Fsp3) is 0.542. The number of carboxylic acid groups (broad SMARTS) is 1. The molecule has 3 saturated heterocycles. The van der Waals surface area contributed by atoms with Crippen LogP contribution < -0.4 is 4.90 Å². The van der Waals surface area contributed by atoms with Gasteiger partial charge in [-0.05, 0) is 44.2 Å². The first-order chi connectivity index (χ1) is 15.8.